The summed E-state index contributed by atoms with van der Waals surface area (Å²) in [6, 6.07) is 15.6. The monoisotopic (exact) mass is 426 g/mol. The molecule has 0 aliphatic rings. The number of rotatable bonds is 4. The van der Waals surface area contributed by atoms with Crippen LogP contribution in [0, 0.1) is 20.8 Å². The molecule has 0 bridgehead atoms. The maximum atomic E-state index is 12.8. The van der Waals surface area contributed by atoms with E-state index in [9.17, 15) is 9.59 Å². The van der Waals surface area contributed by atoms with E-state index in [0.717, 1.165) is 16.8 Å². The Morgan fingerprint density at radius 1 is 0.969 bits per heavy atom. The summed E-state index contributed by atoms with van der Waals surface area (Å²) in [5, 5.41) is 11.9. The SMILES string of the molecule is Cc1cccc(NC(=O)Cn2nc3c4cc(-c5ccc(C)c(C)c5)nn4ccn3c2=O)c1. The fourth-order valence-corrected chi connectivity index (χ4v) is 3.74. The molecule has 8 nitrogen and oxygen atoms in total. The molecule has 0 atom stereocenters. The molecule has 1 amide bonds. The van der Waals surface area contributed by atoms with Crippen LogP contribution in [0.4, 0.5) is 5.69 Å². The molecule has 5 aromatic rings. The van der Waals surface area contributed by atoms with Gasteiger partial charge in [-0.05, 0) is 61.7 Å². The minimum absolute atomic E-state index is 0.182. The third-order valence-corrected chi connectivity index (χ3v) is 5.59. The van der Waals surface area contributed by atoms with Crippen LogP contribution in [-0.4, -0.2) is 29.7 Å². The number of carbonyl (C=O) groups is 1. The first-order chi connectivity index (χ1) is 15.4. The second kappa shape index (κ2) is 7.49. The first-order valence-electron chi connectivity index (χ1n) is 10.3. The summed E-state index contributed by atoms with van der Waals surface area (Å²) in [7, 11) is 0. The zero-order chi connectivity index (χ0) is 22.4. The van der Waals surface area contributed by atoms with Crippen LogP contribution in [0.2, 0.25) is 0 Å². The Bertz CT molecular complexity index is 1560. The number of aryl methyl sites for hydroxylation is 3. The van der Waals surface area contributed by atoms with E-state index in [-0.39, 0.29) is 18.1 Å². The molecule has 5 rings (SSSR count). The van der Waals surface area contributed by atoms with Gasteiger partial charge in [0.1, 0.15) is 12.1 Å². The van der Waals surface area contributed by atoms with Gasteiger partial charge in [0, 0.05) is 23.6 Å². The maximum absolute atomic E-state index is 12.8. The van der Waals surface area contributed by atoms with Crippen molar-refractivity contribution in [2.45, 2.75) is 27.3 Å². The lowest BCUT2D eigenvalue weighted by molar-refractivity contribution is -0.117. The molecule has 0 radical (unpaired) electrons. The molecule has 0 saturated heterocycles. The molecule has 2 aromatic carbocycles. The van der Waals surface area contributed by atoms with Gasteiger partial charge in [-0.25, -0.2) is 18.4 Å². The summed E-state index contributed by atoms with van der Waals surface area (Å²) in [6.07, 6.45) is 3.33. The van der Waals surface area contributed by atoms with Crippen LogP contribution >= 0.6 is 0 Å². The van der Waals surface area contributed by atoms with E-state index in [1.54, 1.807) is 16.9 Å². The Morgan fingerprint density at radius 2 is 1.81 bits per heavy atom. The van der Waals surface area contributed by atoms with Crippen LogP contribution in [0.5, 0.6) is 0 Å². The molecule has 32 heavy (non-hydrogen) atoms. The van der Waals surface area contributed by atoms with Gasteiger partial charge in [-0.3, -0.25) is 4.79 Å². The highest BCUT2D eigenvalue weighted by Crippen LogP contribution is 2.23. The number of nitrogens with one attached hydrogen (secondary N) is 1. The Morgan fingerprint density at radius 3 is 2.59 bits per heavy atom. The van der Waals surface area contributed by atoms with Crippen LogP contribution in [0.15, 0.2) is 65.7 Å². The van der Waals surface area contributed by atoms with Crippen molar-refractivity contribution < 1.29 is 4.79 Å². The molecule has 3 aromatic heterocycles. The summed E-state index contributed by atoms with van der Waals surface area (Å²) >= 11 is 0. The summed E-state index contributed by atoms with van der Waals surface area (Å²) in [5.41, 5.74) is 6.67. The van der Waals surface area contributed by atoms with Crippen LogP contribution < -0.4 is 11.0 Å². The van der Waals surface area contributed by atoms with Crippen molar-refractivity contribution in [3.8, 4) is 11.3 Å². The lowest BCUT2D eigenvalue weighted by Crippen LogP contribution is -2.28. The van der Waals surface area contributed by atoms with Gasteiger partial charge in [0.05, 0.1) is 5.69 Å². The van der Waals surface area contributed by atoms with Gasteiger partial charge in [0.25, 0.3) is 0 Å². The fourth-order valence-electron chi connectivity index (χ4n) is 3.74. The number of amides is 1. The average molecular weight is 426 g/mol. The standard InChI is InChI=1S/C24H22N6O2/c1-15-5-4-6-19(11-15)25-22(31)14-30-24(32)28-9-10-29-21(23(28)27-30)13-20(26-29)18-8-7-16(2)17(3)12-18/h4-13H,14H2,1-3H3,(H,25,31). The lowest BCUT2D eigenvalue weighted by atomic mass is 10.0. The molecular weight excluding hydrogens is 404 g/mol. The third kappa shape index (κ3) is 3.45. The predicted octanol–water partition coefficient (Wildman–Crippen LogP) is 3.37. The number of fused-ring (bicyclic) bond motifs is 3. The molecule has 1 N–H and O–H groups in total. The topological polar surface area (TPSA) is 85.7 Å². The van der Waals surface area contributed by atoms with E-state index in [4.69, 9.17) is 0 Å². The second-order valence-electron chi connectivity index (χ2n) is 8.01. The molecule has 0 unspecified atom stereocenters. The van der Waals surface area contributed by atoms with Crippen LogP contribution in [0.1, 0.15) is 16.7 Å². The Kier molecular flexibility index (Phi) is 4.62. The zero-order valence-electron chi connectivity index (χ0n) is 18.0. The summed E-state index contributed by atoms with van der Waals surface area (Å²) in [4.78, 5) is 25.3. The molecule has 160 valence electrons. The largest absolute Gasteiger partial charge is 0.350 e. The first-order valence-corrected chi connectivity index (χ1v) is 10.3. The van der Waals surface area contributed by atoms with Crippen molar-refractivity contribution in [3.05, 3.63) is 88.1 Å². The van der Waals surface area contributed by atoms with Crippen LogP contribution in [0.3, 0.4) is 0 Å². The third-order valence-electron chi connectivity index (χ3n) is 5.59. The predicted molar refractivity (Wildman–Crippen MR) is 123 cm³/mol. The van der Waals surface area contributed by atoms with Gasteiger partial charge in [0.15, 0.2) is 5.65 Å². The smallest absolute Gasteiger partial charge is 0.324 e. The van der Waals surface area contributed by atoms with Crippen molar-refractivity contribution in [2.24, 2.45) is 0 Å². The summed E-state index contributed by atoms with van der Waals surface area (Å²) in [6.45, 7) is 5.90. The first kappa shape index (κ1) is 19.7. The average Bonchev–Trinajstić information content (AvgIpc) is 3.32. The molecule has 3 heterocycles. The highest BCUT2D eigenvalue weighted by molar-refractivity contribution is 5.90. The quantitative estimate of drug-likeness (QED) is 0.477. The normalized spacial score (nSPS) is 11.3. The molecule has 0 fully saturated rings. The minimum Gasteiger partial charge on any atom is -0.324 e. The number of aromatic nitrogens is 5. The molecule has 8 heteroatoms. The number of hydrogen-bond acceptors (Lipinski definition) is 4. The number of benzene rings is 2. The number of carbonyl (C=O) groups excluding carboxylic acids is 1. The highest BCUT2D eigenvalue weighted by atomic mass is 16.2. The zero-order valence-corrected chi connectivity index (χ0v) is 18.0. The van der Waals surface area contributed by atoms with Crippen molar-refractivity contribution in [1.29, 1.82) is 0 Å². The van der Waals surface area contributed by atoms with Gasteiger partial charge >= 0.3 is 5.69 Å². The van der Waals surface area contributed by atoms with Gasteiger partial charge in [0.2, 0.25) is 5.91 Å². The molecule has 0 aliphatic carbocycles. The molecule has 0 saturated carbocycles. The minimum atomic E-state index is -0.379. The van der Waals surface area contributed by atoms with Crippen molar-refractivity contribution in [1.82, 2.24) is 23.8 Å². The second-order valence-corrected chi connectivity index (χ2v) is 8.01. The van der Waals surface area contributed by atoms with E-state index < -0.39 is 0 Å². The van der Waals surface area contributed by atoms with Gasteiger partial charge in [-0.1, -0.05) is 24.3 Å². The van der Waals surface area contributed by atoms with E-state index >= 15 is 0 Å². The van der Waals surface area contributed by atoms with E-state index in [1.807, 2.05) is 43.3 Å². The van der Waals surface area contributed by atoms with E-state index in [0.29, 0.717) is 16.9 Å². The summed E-state index contributed by atoms with van der Waals surface area (Å²) in [5.74, 6) is -0.318. The number of nitrogens with zero attached hydrogens (tertiary/aromatic N) is 5. The Hall–Kier alpha value is -4.20. The Labute approximate surface area is 183 Å². The van der Waals surface area contributed by atoms with Gasteiger partial charge in [-0.2, -0.15) is 5.10 Å². The number of anilines is 1. The highest BCUT2D eigenvalue weighted by Gasteiger charge is 2.15. The van der Waals surface area contributed by atoms with Gasteiger partial charge < -0.3 is 5.32 Å². The maximum Gasteiger partial charge on any atom is 0.350 e. The Balaban J connectivity index is 1.50. The number of hydrogen-bond donors (Lipinski definition) is 1. The van der Waals surface area contributed by atoms with Crippen molar-refractivity contribution in [2.75, 3.05) is 5.32 Å². The summed E-state index contributed by atoms with van der Waals surface area (Å²) < 4.78 is 4.30. The van der Waals surface area contributed by atoms with E-state index in [2.05, 4.69) is 41.5 Å². The van der Waals surface area contributed by atoms with Crippen molar-refractivity contribution >= 4 is 22.8 Å². The lowest BCUT2D eigenvalue weighted by Gasteiger charge is -2.05. The molecular formula is C24H22N6O2. The molecule has 0 aliphatic heterocycles. The van der Waals surface area contributed by atoms with Crippen LogP contribution in [-0.2, 0) is 11.3 Å². The molecule has 0 spiro atoms. The van der Waals surface area contributed by atoms with Crippen molar-refractivity contribution in [3.63, 3.8) is 0 Å². The van der Waals surface area contributed by atoms with Gasteiger partial charge in [-0.15, -0.1) is 5.10 Å². The fraction of sp³-hybridized carbons (Fsp3) is 0.167. The van der Waals surface area contributed by atoms with E-state index in [1.165, 1.54) is 20.2 Å². The van der Waals surface area contributed by atoms with Crippen LogP contribution in [0.25, 0.3) is 22.4 Å².